The molecule has 1 atom stereocenters. The largest absolute Gasteiger partial charge is 0.389 e. The van der Waals surface area contributed by atoms with Crippen molar-refractivity contribution >= 4 is 0 Å². The van der Waals surface area contributed by atoms with Crippen molar-refractivity contribution in [3.63, 3.8) is 0 Å². The Morgan fingerprint density at radius 2 is 2.38 bits per heavy atom. The van der Waals surface area contributed by atoms with Crippen LogP contribution in [0.5, 0.6) is 0 Å². The Morgan fingerprint density at radius 3 is 3.00 bits per heavy atom. The number of β-amino-alcohol motifs (C(OH)–C–C–N with tert-alkyl or cyclic N) is 1. The number of piperidine rings is 1. The standard InChI is InChI=1S/C11H19N3O2/c1-3-10-12-9(13-16-10)7-14-6-4-5-11(2,15)8-14/h15H,3-8H2,1-2H3. The summed E-state index contributed by atoms with van der Waals surface area (Å²) in [6.45, 7) is 6.21. The van der Waals surface area contributed by atoms with E-state index in [1.54, 1.807) is 0 Å². The summed E-state index contributed by atoms with van der Waals surface area (Å²) in [5.74, 6) is 1.40. The lowest BCUT2D eigenvalue weighted by molar-refractivity contribution is -0.0190. The SMILES string of the molecule is CCc1nc(CN2CCCC(C)(O)C2)no1. The molecule has 16 heavy (non-hydrogen) atoms. The molecule has 90 valence electrons. The van der Waals surface area contributed by atoms with Crippen LogP contribution in [-0.2, 0) is 13.0 Å². The zero-order chi connectivity index (χ0) is 11.6. The van der Waals surface area contributed by atoms with Crippen molar-refractivity contribution in [2.45, 2.75) is 45.3 Å². The zero-order valence-corrected chi connectivity index (χ0v) is 9.94. The molecule has 1 aromatic heterocycles. The van der Waals surface area contributed by atoms with Crippen molar-refractivity contribution in [3.8, 4) is 0 Å². The van der Waals surface area contributed by atoms with E-state index in [1.807, 2.05) is 13.8 Å². The van der Waals surface area contributed by atoms with Crippen molar-refractivity contribution < 1.29 is 9.63 Å². The maximum absolute atomic E-state index is 9.97. The number of aliphatic hydroxyl groups is 1. The van der Waals surface area contributed by atoms with Gasteiger partial charge in [-0.25, -0.2) is 0 Å². The number of rotatable bonds is 3. The fourth-order valence-electron chi connectivity index (χ4n) is 2.16. The first-order valence-corrected chi connectivity index (χ1v) is 5.85. The van der Waals surface area contributed by atoms with Gasteiger partial charge in [0.25, 0.3) is 0 Å². The minimum atomic E-state index is -0.574. The molecule has 1 aliphatic rings. The van der Waals surface area contributed by atoms with E-state index in [0.717, 1.165) is 31.6 Å². The average molecular weight is 225 g/mol. The first kappa shape index (κ1) is 11.5. The molecule has 1 aromatic rings. The van der Waals surface area contributed by atoms with E-state index >= 15 is 0 Å². The Kier molecular flexibility index (Phi) is 3.25. The summed E-state index contributed by atoms with van der Waals surface area (Å²) in [6.07, 6.45) is 2.66. The van der Waals surface area contributed by atoms with Gasteiger partial charge in [0.05, 0.1) is 12.1 Å². The second kappa shape index (κ2) is 4.51. The van der Waals surface area contributed by atoms with Gasteiger partial charge in [0, 0.05) is 13.0 Å². The van der Waals surface area contributed by atoms with Crippen LogP contribution < -0.4 is 0 Å². The molecule has 0 radical (unpaired) electrons. The van der Waals surface area contributed by atoms with Gasteiger partial charge in [0.15, 0.2) is 5.82 Å². The molecule has 1 unspecified atom stereocenters. The quantitative estimate of drug-likeness (QED) is 0.830. The second-order valence-electron chi connectivity index (χ2n) is 4.77. The Morgan fingerprint density at radius 1 is 1.56 bits per heavy atom. The molecule has 1 fully saturated rings. The van der Waals surface area contributed by atoms with Crippen molar-refractivity contribution in [3.05, 3.63) is 11.7 Å². The van der Waals surface area contributed by atoms with E-state index < -0.39 is 5.60 Å². The van der Waals surface area contributed by atoms with E-state index in [-0.39, 0.29) is 0 Å². The van der Waals surface area contributed by atoms with Crippen LogP contribution in [0.2, 0.25) is 0 Å². The summed E-state index contributed by atoms with van der Waals surface area (Å²) in [7, 11) is 0. The van der Waals surface area contributed by atoms with Gasteiger partial charge in [-0.05, 0) is 26.3 Å². The predicted octanol–water partition coefficient (Wildman–Crippen LogP) is 0.979. The number of hydrogen-bond acceptors (Lipinski definition) is 5. The molecule has 1 saturated heterocycles. The third-order valence-corrected chi connectivity index (χ3v) is 2.93. The van der Waals surface area contributed by atoms with Gasteiger partial charge in [0.1, 0.15) is 0 Å². The number of hydrogen-bond donors (Lipinski definition) is 1. The Balaban J connectivity index is 1.94. The second-order valence-corrected chi connectivity index (χ2v) is 4.77. The monoisotopic (exact) mass is 225 g/mol. The van der Waals surface area contributed by atoms with E-state index in [1.165, 1.54) is 0 Å². The van der Waals surface area contributed by atoms with Gasteiger partial charge in [-0.3, -0.25) is 4.90 Å². The van der Waals surface area contributed by atoms with Crippen molar-refractivity contribution in [1.82, 2.24) is 15.0 Å². The summed E-state index contributed by atoms with van der Waals surface area (Å²) in [4.78, 5) is 6.44. The van der Waals surface area contributed by atoms with Crippen LogP contribution in [0.25, 0.3) is 0 Å². The number of aromatic nitrogens is 2. The van der Waals surface area contributed by atoms with E-state index in [9.17, 15) is 5.11 Å². The fourth-order valence-corrected chi connectivity index (χ4v) is 2.16. The Hall–Kier alpha value is -0.940. The van der Waals surface area contributed by atoms with Gasteiger partial charge in [-0.15, -0.1) is 0 Å². The van der Waals surface area contributed by atoms with Crippen LogP contribution in [-0.4, -0.2) is 38.8 Å². The molecule has 0 saturated carbocycles. The van der Waals surface area contributed by atoms with Crippen molar-refractivity contribution in [2.24, 2.45) is 0 Å². The highest BCUT2D eigenvalue weighted by molar-refractivity contribution is 4.89. The lowest BCUT2D eigenvalue weighted by Gasteiger charge is -2.36. The molecule has 0 bridgehead atoms. The Labute approximate surface area is 95.4 Å². The normalized spacial score (nSPS) is 27.2. The van der Waals surface area contributed by atoms with Crippen LogP contribution in [0.1, 0.15) is 38.4 Å². The highest BCUT2D eigenvalue weighted by Crippen LogP contribution is 2.21. The molecule has 1 aliphatic heterocycles. The lowest BCUT2D eigenvalue weighted by Crippen LogP contribution is -2.45. The minimum Gasteiger partial charge on any atom is -0.389 e. The third kappa shape index (κ3) is 2.80. The molecule has 5 heteroatoms. The number of nitrogens with zero attached hydrogens (tertiary/aromatic N) is 3. The number of likely N-dealkylation sites (tertiary alicyclic amines) is 1. The molecule has 1 N–H and O–H groups in total. The highest BCUT2D eigenvalue weighted by Gasteiger charge is 2.28. The van der Waals surface area contributed by atoms with Crippen molar-refractivity contribution in [1.29, 1.82) is 0 Å². The Bertz CT molecular complexity index is 349. The lowest BCUT2D eigenvalue weighted by atomic mass is 9.95. The van der Waals surface area contributed by atoms with Crippen LogP contribution in [0.3, 0.4) is 0 Å². The molecule has 0 aromatic carbocycles. The molecule has 0 amide bonds. The number of aryl methyl sites for hydroxylation is 1. The summed E-state index contributed by atoms with van der Waals surface area (Å²) >= 11 is 0. The molecule has 0 spiro atoms. The maximum Gasteiger partial charge on any atom is 0.226 e. The maximum atomic E-state index is 9.97. The minimum absolute atomic E-state index is 0.574. The summed E-state index contributed by atoms with van der Waals surface area (Å²) in [5.41, 5.74) is -0.574. The highest BCUT2D eigenvalue weighted by atomic mass is 16.5. The molecular weight excluding hydrogens is 206 g/mol. The van der Waals surface area contributed by atoms with Gasteiger partial charge in [-0.1, -0.05) is 12.1 Å². The third-order valence-electron chi connectivity index (χ3n) is 2.93. The molecular formula is C11H19N3O2. The van der Waals surface area contributed by atoms with Crippen LogP contribution in [0, 0.1) is 0 Å². The zero-order valence-electron chi connectivity index (χ0n) is 9.94. The smallest absolute Gasteiger partial charge is 0.226 e. The van der Waals surface area contributed by atoms with Crippen LogP contribution in [0.15, 0.2) is 4.52 Å². The summed E-state index contributed by atoms with van der Waals surface area (Å²) in [6, 6.07) is 0. The van der Waals surface area contributed by atoms with Gasteiger partial charge in [0.2, 0.25) is 5.89 Å². The average Bonchev–Trinajstić information content (AvgIpc) is 2.64. The van der Waals surface area contributed by atoms with Gasteiger partial charge < -0.3 is 9.63 Å². The molecule has 0 aliphatic carbocycles. The molecule has 2 heterocycles. The van der Waals surface area contributed by atoms with Gasteiger partial charge >= 0.3 is 0 Å². The fraction of sp³-hybridized carbons (Fsp3) is 0.818. The summed E-state index contributed by atoms with van der Waals surface area (Å²) < 4.78 is 5.06. The van der Waals surface area contributed by atoms with Crippen LogP contribution >= 0.6 is 0 Å². The molecule has 5 nitrogen and oxygen atoms in total. The van der Waals surface area contributed by atoms with Crippen LogP contribution in [0.4, 0.5) is 0 Å². The van der Waals surface area contributed by atoms with E-state index in [2.05, 4.69) is 15.0 Å². The molecule has 2 rings (SSSR count). The first-order chi connectivity index (χ1) is 7.59. The van der Waals surface area contributed by atoms with E-state index in [4.69, 9.17) is 4.52 Å². The predicted molar refractivity (Wildman–Crippen MR) is 58.8 cm³/mol. The van der Waals surface area contributed by atoms with Gasteiger partial charge in [-0.2, -0.15) is 4.98 Å². The topological polar surface area (TPSA) is 62.4 Å². The van der Waals surface area contributed by atoms with Crippen molar-refractivity contribution in [2.75, 3.05) is 13.1 Å². The first-order valence-electron chi connectivity index (χ1n) is 5.85. The summed E-state index contributed by atoms with van der Waals surface area (Å²) in [5, 5.41) is 13.9. The van der Waals surface area contributed by atoms with E-state index in [0.29, 0.717) is 19.0 Å².